The Balaban J connectivity index is 2.16. The van der Waals surface area contributed by atoms with E-state index in [2.05, 4.69) is 5.32 Å². The zero-order valence-electron chi connectivity index (χ0n) is 11.4. The molecule has 2 rings (SSSR count). The van der Waals surface area contributed by atoms with Gasteiger partial charge < -0.3 is 15.3 Å². The summed E-state index contributed by atoms with van der Waals surface area (Å²) >= 11 is 1.84. The van der Waals surface area contributed by atoms with E-state index in [0.29, 0.717) is 18.8 Å². The maximum Gasteiger partial charge on any atom is 0.337 e. The minimum atomic E-state index is -1.03. The lowest BCUT2D eigenvalue weighted by atomic mass is 10.1. The second kappa shape index (κ2) is 6.65. The van der Waals surface area contributed by atoms with E-state index in [1.54, 1.807) is 24.0 Å². The van der Waals surface area contributed by atoms with Crippen LogP contribution in [0, 0.1) is 6.92 Å². The molecule has 0 unspecified atom stereocenters. The van der Waals surface area contributed by atoms with E-state index in [0.717, 1.165) is 23.5 Å². The van der Waals surface area contributed by atoms with Crippen LogP contribution in [0.25, 0.3) is 0 Å². The molecule has 1 saturated heterocycles. The average molecular weight is 294 g/mol. The fraction of sp³-hybridized carbons (Fsp3) is 0.429. The van der Waals surface area contributed by atoms with Gasteiger partial charge in [-0.2, -0.15) is 11.8 Å². The molecule has 1 aromatic rings. The highest BCUT2D eigenvalue weighted by Gasteiger charge is 2.19. The van der Waals surface area contributed by atoms with Crippen molar-refractivity contribution in [2.75, 3.05) is 29.9 Å². The maximum atomic E-state index is 12.3. The smallest absolute Gasteiger partial charge is 0.337 e. The number of hydrogen-bond acceptors (Lipinski definition) is 3. The standard InChI is InChI=1S/C14H18N2O3S/c1-10-4-2-5-11(13(17)18)12(10)15-14(19)16-6-3-8-20-9-7-16/h2,4-5H,3,6-9H2,1H3,(H,15,19)(H,17,18). The highest BCUT2D eigenvalue weighted by molar-refractivity contribution is 7.99. The third kappa shape index (κ3) is 3.45. The number of anilines is 1. The Hall–Kier alpha value is -1.69. The van der Waals surface area contributed by atoms with Crippen LogP contribution in [0.4, 0.5) is 10.5 Å². The number of para-hydroxylation sites is 1. The zero-order chi connectivity index (χ0) is 14.5. The molecule has 0 aromatic heterocycles. The number of benzene rings is 1. The summed E-state index contributed by atoms with van der Waals surface area (Å²) < 4.78 is 0. The lowest BCUT2D eigenvalue weighted by Crippen LogP contribution is -2.37. The van der Waals surface area contributed by atoms with Gasteiger partial charge in [0.25, 0.3) is 0 Å². The lowest BCUT2D eigenvalue weighted by Gasteiger charge is -2.21. The summed E-state index contributed by atoms with van der Waals surface area (Å²) in [6, 6.07) is 4.75. The van der Waals surface area contributed by atoms with Crippen LogP contribution in [0.1, 0.15) is 22.3 Å². The molecule has 0 radical (unpaired) electrons. The largest absolute Gasteiger partial charge is 0.478 e. The number of urea groups is 1. The van der Waals surface area contributed by atoms with Crippen molar-refractivity contribution in [2.45, 2.75) is 13.3 Å². The van der Waals surface area contributed by atoms with Crippen LogP contribution in [-0.4, -0.2) is 46.6 Å². The third-order valence-electron chi connectivity index (χ3n) is 3.24. The summed E-state index contributed by atoms with van der Waals surface area (Å²) in [6.07, 6.45) is 0.970. The first-order valence-corrected chi connectivity index (χ1v) is 7.71. The molecule has 1 fully saturated rings. The van der Waals surface area contributed by atoms with Crippen LogP contribution in [-0.2, 0) is 0 Å². The van der Waals surface area contributed by atoms with Crippen molar-refractivity contribution in [3.8, 4) is 0 Å². The predicted octanol–water partition coefficient (Wildman–Crippen LogP) is 2.66. The molecule has 20 heavy (non-hydrogen) atoms. The second-order valence-electron chi connectivity index (χ2n) is 4.69. The van der Waals surface area contributed by atoms with Crippen molar-refractivity contribution in [2.24, 2.45) is 0 Å². The van der Waals surface area contributed by atoms with E-state index in [-0.39, 0.29) is 11.6 Å². The van der Waals surface area contributed by atoms with Crippen molar-refractivity contribution in [1.29, 1.82) is 0 Å². The van der Waals surface area contributed by atoms with E-state index < -0.39 is 5.97 Å². The Labute approximate surface area is 122 Å². The zero-order valence-corrected chi connectivity index (χ0v) is 12.2. The number of aromatic carboxylic acids is 1. The molecule has 1 heterocycles. The Morgan fingerprint density at radius 3 is 2.85 bits per heavy atom. The molecular weight excluding hydrogens is 276 g/mol. The van der Waals surface area contributed by atoms with E-state index in [1.807, 2.05) is 11.8 Å². The highest BCUT2D eigenvalue weighted by atomic mass is 32.2. The van der Waals surface area contributed by atoms with Crippen molar-refractivity contribution in [3.05, 3.63) is 29.3 Å². The molecular formula is C14H18N2O3S. The van der Waals surface area contributed by atoms with Crippen molar-refractivity contribution >= 4 is 29.4 Å². The molecule has 0 saturated carbocycles. The Bertz CT molecular complexity index is 511. The van der Waals surface area contributed by atoms with Gasteiger partial charge in [-0.1, -0.05) is 12.1 Å². The minimum absolute atomic E-state index is 0.127. The number of hydrogen-bond donors (Lipinski definition) is 2. The van der Waals surface area contributed by atoms with Gasteiger partial charge in [0.1, 0.15) is 0 Å². The monoisotopic (exact) mass is 294 g/mol. The van der Waals surface area contributed by atoms with Crippen molar-refractivity contribution in [1.82, 2.24) is 4.90 Å². The van der Waals surface area contributed by atoms with Crippen LogP contribution in [0.2, 0.25) is 0 Å². The van der Waals surface area contributed by atoms with Crippen LogP contribution in [0.5, 0.6) is 0 Å². The molecule has 6 heteroatoms. The number of rotatable bonds is 2. The number of amides is 2. The maximum absolute atomic E-state index is 12.3. The fourth-order valence-corrected chi connectivity index (χ4v) is 3.03. The van der Waals surface area contributed by atoms with Gasteiger partial charge in [-0.25, -0.2) is 9.59 Å². The first-order chi connectivity index (χ1) is 9.59. The first-order valence-electron chi connectivity index (χ1n) is 6.56. The van der Waals surface area contributed by atoms with Gasteiger partial charge in [-0.05, 0) is 30.7 Å². The molecule has 2 N–H and O–H groups in total. The Morgan fingerprint density at radius 2 is 2.10 bits per heavy atom. The number of carbonyl (C=O) groups is 2. The number of carboxylic acids is 1. The average Bonchev–Trinajstić information content (AvgIpc) is 2.69. The van der Waals surface area contributed by atoms with Gasteiger partial charge >= 0.3 is 12.0 Å². The number of aryl methyl sites for hydroxylation is 1. The van der Waals surface area contributed by atoms with Gasteiger partial charge in [-0.3, -0.25) is 0 Å². The van der Waals surface area contributed by atoms with Crippen molar-refractivity contribution in [3.63, 3.8) is 0 Å². The summed E-state index contributed by atoms with van der Waals surface area (Å²) in [5.74, 6) is 0.956. The summed E-state index contributed by atoms with van der Waals surface area (Å²) in [4.78, 5) is 25.2. The van der Waals surface area contributed by atoms with Crippen LogP contribution >= 0.6 is 11.8 Å². The summed E-state index contributed by atoms with van der Waals surface area (Å²) in [6.45, 7) is 3.21. The first kappa shape index (κ1) is 14.7. The van der Waals surface area contributed by atoms with E-state index >= 15 is 0 Å². The molecule has 1 aliphatic rings. The molecule has 1 aromatic carbocycles. The summed E-state index contributed by atoms with van der Waals surface area (Å²) in [5.41, 5.74) is 1.27. The summed E-state index contributed by atoms with van der Waals surface area (Å²) in [7, 11) is 0. The second-order valence-corrected chi connectivity index (χ2v) is 5.91. The van der Waals surface area contributed by atoms with Gasteiger partial charge in [0, 0.05) is 18.8 Å². The molecule has 0 atom stereocenters. The predicted molar refractivity (Wildman–Crippen MR) is 80.7 cm³/mol. The van der Waals surface area contributed by atoms with E-state index in [1.165, 1.54) is 6.07 Å². The van der Waals surface area contributed by atoms with E-state index in [9.17, 15) is 14.7 Å². The molecule has 2 amide bonds. The van der Waals surface area contributed by atoms with Crippen LogP contribution < -0.4 is 5.32 Å². The van der Waals surface area contributed by atoms with Crippen LogP contribution in [0.3, 0.4) is 0 Å². The lowest BCUT2D eigenvalue weighted by molar-refractivity contribution is 0.0698. The Morgan fingerprint density at radius 1 is 1.30 bits per heavy atom. The number of nitrogens with one attached hydrogen (secondary N) is 1. The number of carbonyl (C=O) groups excluding carboxylic acids is 1. The Kier molecular flexibility index (Phi) is 4.89. The minimum Gasteiger partial charge on any atom is -0.478 e. The van der Waals surface area contributed by atoms with Gasteiger partial charge in [0.05, 0.1) is 11.3 Å². The quantitative estimate of drug-likeness (QED) is 0.880. The SMILES string of the molecule is Cc1cccc(C(=O)O)c1NC(=O)N1CCCSCC1. The van der Waals surface area contributed by atoms with Crippen molar-refractivity contribution < 1.29 is 14.7 Å². The number of carboxylic acid groups (broad SMARTS) is 1. The molecule has 5 nitrogen and oxygen atoms in total. The normalized spacial score (nSPS) is 15.6. The van der Waals surface area contributed by atoms with Gasteiger partial charge in [-0.15, -0.1) is 0 Å². The van der Waals surface area contributed by atoms with Crippen LogP contribution in [0.15, 0.2) is 18.2 Å². The highest BCUT2D eigenvalue weighted by Crippen LogP contribution is 2.21. The number of thioether (sulfide) groups is 1. The fourth-order valence-electron chi connectivity index (χ4n) is 2.15. The topological polar surface area (TPSA) is 69.6 Å². The third-order valence-corrected chi connectivity index (χ3v) is 4.29. The number of nitrogens with zero attached hydrogens (tertiary/aromatic N) is 1. The summed E-state index contributed by atoms with van der Waals surface area (Å²) in [5, 5.41) is 11.9. The molecule has 0 spiro atoms. The molecule has 108 valence electrons. The molecule has 1 aliphatic heterocycles. The van der Waals surface area contributed by atoms with Gasteiger partial charge in [0.15, 0.2) is 0 Å². The molecule has 0 aliphatic carbocycles. The molecule has 0 bridgehead atoms. The van der Waals surface area contributed by atoms with Gasteiger partial charge in [0.2, 0.25) is 0 Å². The van der Waals surface area contributed by atoms with E-state index in [4.69, 9.17) is 0 Å².